The van der Waals surface area contributed by atoms with Crippen LogP contribution in [0.5, 0.6) is 5.75 Å². The quantitative estimate of drug-likeness (QED) is 0.269. The monoisotopic (exact) mass is 563 g/mol. The van der Waals surface area contributed by atoms with Crippen LogP contribution in [0.4, 0.5) is 5.69 Å². The summed E-state index contributed by atoms with van der Waals surface area (Å²) in [4.78, 5) is 28.1. The summed E-state index contributed by atoms with van der Waals surface area (Å²) in [6.45, 7) is -0.507. The molecular formula is C28H25N3O6S2. The number of benzene rings is 3. The van der Waals surface area contributed by atoms with Gasteiger partial charge in [0.15, 0.2) is 0 Å². The molecule has 0 spiro atoms. The molecule has 0 bridgehead atoms. The number of thiophene rings is 1. The molecule has 0 aliphatic carbocycles. The molecule has 2 N–H and O–H groups in total. The van der Waals surface area contributed by atoms with Crippen LogP contribution < -0.4 is 15.1 Å². The molecule has 1 aromatic heterocycles. The topological polar surface area (TPSA) is 116 Å². The molecule has 1 unspecified atom stereocenters. The summed E-state index contributed by atoms with van der Waals surface area (Å²) in [5.74, 6) is -0.883. The molecule has 9 nitrogen and oxygen atoms in total. The standard InChI is InChI=1S/C28H25N3O6S2/c1-37-23-10-12-24(13-11-23)39(35,36)31-16-21-4-2-3-5-25(21)30(17-26(31)27(32)29-34)28(33)20-8-6-19(7-9-20)22-14-15-38-18-22/h2-15,18,26,34H,16-17H2,1H3,(H,29,32). The van der Waals surface area contributed by atoms with Crippen molar-refractivity contribution in [2.45, 2.75) is 17.5 Å². The second-order valence-corrected chi connectivity index (χ2v) is 11.5. The van der Waals surface area contributed by atoms with Crippen molar-refractivity contribution in [2.24, 2.45) is 0 Å². The Morgan fingerprint density at radius 2 is 1.69 bits per heavy atom. The lowest BCUT2D eigenvalue weighted by atomic mass is 10.1. The fourth-order valence-electron chi connectivity index (χ4n) is 4.55. The van der Waals surface area contributed by atoms with E-state index in [2.05, 4.69) is 0 Å². The zero-order chi connectivity index (χ0) is 27.6. The zero-order valence-corrected chi connectivity index (χ0v) is 22.5. The van der Waals surface area contributed by atoms with E-state index in [9.17, 15) is 23.2 Å². The molecule has 2 heterocycles. The minimum Gasteiger partial charge on any atom is -0.497 e. The molecule has 39 heavy (non-hydrogen) atoms. The van der Waals surface area contributed by atoms with Gasteiger partial charge in [0.1, 0.15) is 11.8 Å². The van der Waals surface area contributed by atoms with Gasteiger partial charge in [-0.05, 0) is 76.0 Å². The lowest BCUT2D eigenvalue weighted by Crippen LogP contribution is -2.53. The molecule has 1 aliphatic rings. The van der Waals surface area contributed by atoms with Gasteiger partial charge >= 0.3 is 0 Å². The second-order valence-electron chi connectivity index (χ2n) is 8.85. The van der Waals surface area contributed by atoms with E-state index in [1.807, 2.05) is 29.0 Å². The number of sulfonamides is 1. The number of para-hydroxylation sites is 1. The van der Waals surface area contributed by atoms with E-state index in [0.29, 0.717) is 22.6 Å². The number of anilines is 1. The third-order valence-corrected chi connectivity index (χ3v) is 9.17. The molecule has 0 saturated carbocycles. The van der Waals surface area contributed by atoms with E-state index in [-0.39, 0.29) is 18.0 Å². The predicted octanol–water partition coefficient (Wildman–Crippen LogP) is 4.15. The number of nitrogens with one attached hydrogen (secondary N) is 1. The molecule has 2 amide bonds. The van der Waals surface area contributed by atoms with Crippen LogP contribution in [0.25, 0.3) is 11.1 Å². The van der Waals surface area contributed by atoms with Crippen LogP contribution in [0, 0.1) is 0 Å². The number of fused-ring (bicyclic) bond motifs is 1. The van der Waals surface area contributed by atoms with Crippen molar-refractivity contribution in [1.82, 2.24) is 9.79 Å². The maximum Gasteiger partial charge on any atom is 0.263 e. The van der Waals surface area contributed by atoms with E-state index in [0.717, 1.165) is 15.4 Å². The molecule has 0 radical (unpaired) electrons. The van der Waals surface area contributed by atoms with Crippen LogP contribution >= 0.6 is 11.3 Å². The molecular weight excluding hydrogens is 538 g/mol. The van der Waals surface area contributed by atoms with E-state index in [4.69, 9.17) is 4.74 Å². The van der Waals surface area contributed by atoms with Gasteiger partial charge in [0.25, 0.3) is 11.8 Å². The third-order valence-electron chi connectivity index (χ3n) is 6.62. The Bertz CT molecular complexity index is 1590. The maximum atomic E-state index is 13.8. The first-order valence-corrected chi connectivity index (χ1v) is 14.3. The summed E-state index contributed by atoms with van der Waals surface area (Å²) in [6, 6.07) is 20.4. The molecule has 0 saturated heterocycles. The van der Waals surface area contributed by atoms with Gasteiger partial charge in [-0.25, -0.2) is 13.9 Å². The Hall–Kier alpha value is -4.03. The smallest absolute Gasteiger partial charge is 0.263 e. The van der Waals surface area contributed by atoms with Gasteiger partial charge in [-0.1, -0.05) is 30.3 Å². The predicted molar refractivity (Wildman–Crippen MR) is 147 cm³/mol. The summed E-state index contributed by atoms with van der Waals surface area (Å²) in [5, 5.41) is 13.5. The zero-order valence-electron chi connectivity index (χ0n) is 20.9. The summed E-state index contributed by atoms with van der Waals surface area (Å²) in [5.41, 5.74) is 4.96. The van der Waals surface area contributed by atoms with Crippen LogP contribution in [0.2, 0.25) is 0 Å². The largest absolute Gasteiger partial charge is 0.497 e. The maximum absolute atomic E-state index is 13.8. The van der Waals surface area contributed by atoms with E-state index < -0.39 is 27.9 Å². The Morgan fingerprint density at radius 3 is 2.33 bits per heavy atom. The van der Waals surface area contributed by atoms with Crippen LogP contribution in [0.3, 0.4) is 0 Å². The SMILES string of the molecule is COc1ccc(S(=O)(=O)N2Cc3ccccc3N(C(=O)c3ccc(-c4ccsc4)cc3)CC2C(=O)NO)cc1. The number of rotatable bonds is 6. The van der Waals surface area contributed by atoms with Crippen molar-refractivity contribution in [2.75, 3.05) is 18.6 Å². The first kappa shape index (κ1) is 26.6. The summed E-state index contributed by atoms with van der Waals surface area (Å²) >= 11 is 1.58. The molecule has 4 aromatic rings. The van der Waals surface area contributed by atoms with E-state index >= 15 is 0 Å². The highest BCUT2D eigenvalue weighted by molar-refractivity contribution is 7.89. The van der Waals surface area contributed by atoms with Gasteiger partial charge < -0.3 is 9.64 Å². The van der Waals surface area contributed by atoms with E-state index in [1.54, 1.807) is 53.2 Å². The van der Waals surface area contributed by atoms with Crippen LogP contribution in [0.15, 0.2) is 94.5 Å². The van der Waals surface area contributed by atoms with E-state index in [1.165, 1.54) is 36.3 Å². The molecule has 1 aliphatic heterocycles. The number of hydroxylamine groups is 1. The molecule has 11 heteroatoms. The van der Waals surface area contributed by atoms with Gasteiger partial charge in [0.2, 0.25) is 10.0 Å². The summed E-state index contributed by atoms with van der Waals surface area (Å²) < 4.78 is 33.7. The summed E-state index contributed by atoms with van der Waals surface area (Å²) in [6.07, 6.45) is 0. The number of nitrogens with zero attached hydrogens (tertiary/aromatic N) is 2. The summed E-state index contributed by atoms with van der Waals surface area (Å²) in [7, 11) is -2.76. The Balaban J connectivity index is 1.55. The third kappa shape index (κ3) is 5.17. The van der Waals surface area contributed by atoms with Crippen LogP contribution in [-0.2, 0) is 21.4 Å². The van der Waals surface area contributed by atoms with Crippen LogP contribution in [0.1, 0.15) is 15.9 Å². The second kappa shape index (κ2) is 11.0. The minimum absolute atomic E-state index is 0.0553. The number of hydrogen-bond donors (Lipinski definition) is 2. The molecule has 200 valence electrons. The van der Waals surface area contributed by atoms with Gasteiger partial charge in [0.05, 0.1) is 18.6 Å². The minimum atomic E-state index is -4.23. The first-order chi connectivity index (χ1) is 18.8. The number of amides is 2. The lowest BCUT2D eigenvalue weighted by molar-refractivity contribution is -0.133. The number of hydrogen-bond acceptors (Lipinski definition) is 7. The number of methoxy groups -OCH3 is 1. The van der Waals surface area contributed by atoms with Crippen molar-refractivity contribution in [1.29, 1.82) is 0 Å². The Labute approximate surface area is 229 Å². The number of carbonyl (C=O) groups excluding carboxylic acids is 2. The van der Waals surface area contributed by atoms with Crippen LogP contribution in [-0.4, -0.2) is 49.4 Å². The van der Waals surface area contributed by atoms with Gasteiger partial charge in [-0.2, -0.15) is 15.6 Å². The average molecular weight is 564 g/mol. The van der Waals surface area contributed by atoms with Gasteiger partial charge in [-0.3, -0.25) is 14.8 Å². The molecule has 1 atom stereocenters. The van der Waals surface area contributed by atoms with Crippen molar-refractivity contribution in [3.8, 4) is 16.9 Å². The van der Waals surface area contributed by atoms with Crippen molar-refractivity contribution in [3.05, 3.63) is 101 Å². The molecule has 0 fully saturated rings. The normalized spacial score (nSPS) is 15.7. The first-order valence-electron chi connectivity index (χ1n) is 12.0. The van der Waals surface area contributed by atoms with Gasteiger partial charge in [-0.15, -0.1) is 0 Å². The fourth-order valence-corrected chi connectivity index (χ4v) is 6.78. The number of ether oxygens (including phenoxy) is 1. The Kier molecular flexibility index (Phi) is 7.49. The highest BCUT2D eigenvalue weighted by atomic mass is 32.2. The Morgan fingerprint density at radius 1 is 0.974 bits per heavy atom. The highest BCUT2D eigenvalue weighted by Gasteiger charge is 2.41. The lowest BCUT2D eigenvalue weighted by Gasteiger charge is -2.29. The average Bonchev–Trinajstić information content (AvgIpc) is 3.45. The molecule has 3 aromatic carbocycles. The fraction of sp³-hybridized carbons (Fsp3) is 0.143. The van der Waals surface area contributed by atoms with Crippen molar-refractivity contribution >= 4 is 38.9 Å². The number of carbonyl (C=O) groups is 2. The van der Waals surface area contributed by atoms with Crippen molar-refractivity contribution < 1.29 is 28.0 Å². The highest BCUT2D eigenvalue weighted by Crippen LogP contribution is 2.33. The van der Waals surface area contributed by atoms with Crippen molar-refractivity contribution in [3.63, 3.8) is 0 Å². The van der Waals surface area contributed by atoms with Gasteiger partial charge in [0, 0.05) is 17.8 Å². The molecule has 5 rings (SSSR count).